The summed E-state index contributed by atoms with van der Waals surface area (Å²) in [5, 5.41) is 0.553. The third kappa shape index (κ3) is 5.22. The number of benzene rings is 1. The molecule has 168 valence electrons. The molecule has 0 amide bonds. The zero-order valence-electron chi connectivity index (χ0n) is 17.9. The molecule has 2 N–H and O–H groups in total. The monoisotopic (exact) mass is 457 g/mol. The van der Waals surface area contributed by atoms with Crippen LogP contribution in [0.2, 0.25) is 0 Å². The van der Waals surface area contributed by atoms with E-state index in [0.29, 0.717) is 26.2 Å². The van der Waals surface area contributed by atoms with Crippen molar-refractivity contribution in [2.45, 2.75) is 38.5 Å². The number of hydrogen-bond acceptors (Lipinski definition) is 5. The molecule has 1 aromatic carbocycles. The van der Waals surface area contributed by atoms with Crippen LogP contribution in [0.3, 0.4) is 0 Å². The van der Waals surface area contributed by atoms with Gasteiger partial charge in [-0.25, -0.2) is 13.4 Å². The maximum absolute atomic E-state index is 12.9. The lowest BCUT2D eigenvalue weighted by Crippen LogP contribution is -2.28. The first kappa shape index (κ1) is 23.6. The second kappa shape index (κ2) is 10.5. The molecule has 2 unspecified atom stereocenters. The fourth-order valence-electron chi connectivity index (χ4n) is 3.96. The maximum Gasteiger partial charge on any atom is 0.407 e. The highest BCUT2D eigenvalue weighted by Crippen LogP contribution is 2.50. The number of nitrogens with one attached hydrogen (secondary N) is 1. The molecule has 0 aliphatic carbocycles. The van der Waals surface area contributed by atoms with Crippen molar-refractivity contribution in [3.63, 3.8) is 0 Å². The van der Waals surface area contributed by atoms with E-state index in [0.717, 1.165) is 48.0 Å². The van der Waals surface area contributed by atoms with E-state index in [2.05, 4.69) is 9.88 Å². The van der Waals surface area contributed by atoms with Crippen LogP contribution >= 0.6 is 7.75 Å². The summed E-state index contributed by atoms with van der Waals surface area (Å²) in [6.07, 6.45) is 4.73. The van der Waals surface area contributed by atoms with Crippen LogP contribution in [0.5, 0.6) is 0 Å². The van der Waals surface area contributed by atoms with E-state index in [1.54, 1.807) is 25.6 Å². The minimum Gasteiger partial charge on any atom is -0.361 e. The Hall–Kier alpha value is -1.06. The van der Waals surface area contributed by atoms with E-state index in [4.69, 9.17) is 9.05 Å². The highest BCUT2D eigenvalue weighted by Gasteiger charge is 2.30. The lowest BCUT2D eigenvalue weighted by molar-refractivity contribution is 0.177. The minimum atomic E-state index is -3.28. The molecule has 1 aliphatic heterocycles. The Morgan fingerprint density at radius 3 is 2.53 bits per heavy atom. The molecule has 0 bridgehead atoms. The number of rotatable bonds is 11. The Balaban J connectivity index is 1.75. The van der Waals surface area contributed by atoms with Gasteiger partial charge in [0.05, 0.1) is 13.2 Å². The van der Waals surface area contributed by atoms with E-state index in [1.807, 2.05) is 24.4 Å². The largest absolute Gasteiger partial charge is 0.407 e. The number of aromatic nitrogens is 1. The molecule has 1 aromatic heterocycles. The van der Waals surface area contributed by atoms with Gasteiger partial charge in [0, 0.05) is 23.6 Å². The van der Waals surface area contributed by atoms with Crippen LogP contribution in [0, 0.1) is 0 Å². The molecule has 0 saturated carbocycles. The number of fused-ring (bicyclic) bond motifs is 1. The van der Waals surface area contributed by atoms with E-state index in [9.17, 15) is 13.3 Å². The zero-order valence-corrected chi connectivity index (χ0v) is 19.6. The van der Waals surface area contributed by atoms with Gasteiger partial charge in [-0.2, -0.15) is 0 Å². The number of likely N-dealkylation sites (tertiary alicyclic amines) is 1. The normalized spacial score (nSPS) is 17.8. The fourth-order valence-corrected chi connectivity index (χ4v) is 6.27. The summed E-state index contributed by atoms with van der Waals surface area (Å²) in [6, 6.07) is 5.90. The Morgan fingerprint density at radius 1 is 1.27 bits per heavy atom. The van der Waals surface area contributed by atoms with Crippen molar-refractivity contribution in [3.05, 3.63) is 35.5 Å². The zero-order chi connectivity index (χ0) is 21.7. The standard InChI is InChI=1S/C20H32N3O5PS/c1-4-27-29(24,28-5-2)22(3)13-10-17-15-21-19-14-16(8-9-18(17)19)20(30(25)26)23-11-6-7-12-23/h8-9,14-15,20-21H,4-7,10-13H2,1-3H3,(H,25,26). The average molecular weight is 458 g/mol. The molecule has 0 spiro atoms. The summed E-state index contributed by atoms with van der Waals surface area (Å²) in [5.74, 6) is 0. The topological polar surface area (TPSA) is 95.1 Å². The average Bonchev–Trinajstić information content (AvgIpc) is 3.36. The molecular weight excluding hydrogens is 425 g/mol. The molecule has 3 rings (SSSR count). The van der Waals surface area contributed by atoms with Crippen LogP contribution in [0.1, 0.15) is 43.2 Å². The lowest BCUT2D eigenvalue weighted by Gasteiger charge is -2.26. The first-order valence-corrected chi connectivity index (χ1v) is 13.1. The van der Waals surface area contributed by atoms with Crippen LogP contribution in [0.4, 0.5) is 0 Å². The predicted molar refractivity (Wildman–Crippen MR) is 120 cm³/mol. The number of hydrogen-bond donors (Lipinski definition) is 2. The molecule has 10 heteroatoms. The summed E-state index contributed by atoms with van der Waals surface area (Å²) in [5.41, 5.74) is 2.86. The molecule has 0 radical (unpaired) electrons. The van der Waals surface area contributed by atoms with Gasteiger partial charge in [-0.1, -0.05) is 12.1 Å². The summed E-state index contributed by atoms with van der Waals surface area (Å²) in [4.78, 5) is 5.36. The van der Waals surface area contributed by atoms with Crippen molar-refractivity contribution in [1.29, 1.82) is 0 Å². The maximum atomic E-state index is 12.9. The van der Waals surface area contributed by atoms with Crippen molar-refractivity contribution in [2.75, 3.05) is 39.9 Å². The van der Waals surface area contributed by atoms with Crippen LogP contribution in [0.25, 0.3) is 10.9 Å². The molecular formula is C20H32N3O5PS. The van der Waals surface area contributed by atoms with Crippen molar-refractivity contribution in [2.24, 2.45) is 0 Å². The van der Waals surface area contributed by atoms with Gasteiger partial charge in [-0.05, 0) is 70.4 Å². The molecule has 1 fully saturated rings. The summed E-state index contributed by atoms with van der Waals surface area (Å²) in [7, 11) is -1.53. The molecule has 8 nitrogen and oxygen atoms in total. The molecule has 1 saturated heterocycles. The molecule has 2 aromatic rings. The SMILES string of the molecule is CCOP(=O)(OCC)N(C)CCc1c[nH]c2cc(C(N3CCCC3)S(=O)O)ccc12. The summed E-state index contributed by atoms with van der Waals surface area (Å²) in [6.45, 7) is 6.44. The first-order chi connectivity index (χ1) is 14.4. The first-order valence-electron chi connectivity index (χ1n) is 10.4. The van der Waals surface area contributed by atoms with E-state index in [1.165, 1.54) is 0 Å². The number of nitrogens with zero attached hydrogens (tertiary/aromatic N) is 2. The van der Waals surface area contributed by atoms with E-state index >= 15 is 0 Å². The van der Waals surface area contributed by atoms with Gasteiger partial charge in [-0.3, -0.25) is 13.9 Å². The highest BCUT2D eigenvalue weighted by molar-refractivity contribution is 7.79. The van der Waals surface area contributed by atoms with Crippen molar-refractivity contribution in [1.82, 2.24) is 14.6 Å². The third-order valence-electron chi connectivity index (χ3n) is 5.45. The van der Waals surface area contributed by atoms with Crippen molar-refractivity contribution < 1.29 is 22.4 Å². The van der Waals surface area contributed by atoms with Gasteiger partial charge in [0.2, 0.25) is 0 Å². The second-order valence-electron chi connectivity index (χ2n) is 7.43. The fraction of sp³-hybridized carbons (Fsp3) is 0.600. The molecule has 30 heavy (non-hydrogen) atoms. The van der Waals surface area contributed by atoms with Gasteiger partial charge in [0.1, 0.15) is 5.37 Å². The van der Waals surface area contributed by atoms with E-state index in [-0.39, 0.29) is 0 Å². The van der Waals surface area contributed by atoms with E-state index < -0.39 is 24.2 Å². The van der Waals surface area contributed by atoms with Gasteiger partial charge in [-0.15, -0.1) is 0 Å². The van der Waals surface area contributed by atoms with Gasteiger partial charge in [0.25, 0.3) is 0 Å². The van der Waals surface area contributed by atoms with Crippen LogP contribution in [-0.2, 0) is 31.1 Å². The van der Waals surface area contributed by atoms with Gasteiger partial charge < -0.3 is 9.54 Å². The molecule has 2 atom stereocenters. The lowest BCUT2D eigenvalue weighted by atomic mass is 10.1. The Bertz CT molecular complexity index is 905. The number of H-pyrrole nitrogens is 1. The highest BCUT2D eigenvalue weighted by atomic mass is 32.2. The van der Waals surface area contributed by atoms with Crippen molar-refractivity contribution in [3.8, 4) is 0 Å². The minimum absolute atomic E-state index is 0.321. The molecule has 1 aliphatic rings. The quantitative estimate of drug-likeness (QED) is 0.387. The molecule has 2 heterocycles. The number of aromatic amines is 1. The third-order valence-corrected chi connectivity index (χ3v) is 8.60. The Labute approximate surface area is 180 Å². The van der Waals surface area contributed by atoms with Crippen molar-refractivity contribution >= 4 is 29.7 Å². The predicted octanol–water partition coefficient (Wildman–Crippen LogP) is 4.14. The van der Waals surface area contributed by atoms with Crippen LogP contribution in [0.15, 0.2) is 24.4 Å². The van der Waals surface area contributed by atoms with Crippen LogP contribution < -0.4 is 0 Å². The smallest absolute Gasteiger partial charge is 0.361 e. The summed E-state index contributed by atoms with van der Waals surface area (Å²) < 4.78 is 47.2. The van der Waals surface area contributed by atoms with Gasteiger partial charge in [0.15, 0.2) is 11.1 Å². The number of likely N-dealkylation sites (N-methyl/N-ethyl adjacent to an activating group) is 1. The Morgan fingerprint density at radius 2 is 1.93 bits per heavy atom. The summed E-state index contributed by atoms with van der Waals surface area (Å²) >= 11 is -1.96. The van der Waals surface area contributed by atoms with Gasteiger partial charge >= 0.3 is 7.75 Å². The van der Waals surface area contributed by atoms with Crippen LogP contribution in [-0.4, -0.2) is 63.2 Å². The Kier molecular flexibility index (Phi) is 8.26. The second-order valence-corrected chi connectivity index (χ2v) is 10.6.